The average Bonchev–Trinajstić information content (AvgIpc) is 2.59. The molecule has 0 unspecified atom stereocenters. The summed E-state index contributed by atoms with van der Waals surface area (Å²) >= 11 is 0. The molecule has 1 aliphatic carbocycles. The lowest BCUT2D eigenvalue weighted by molar-refractivity contribution is -0.150. The van der Waals surface area contributed by atoms with Crippen LogP contribution in [-0.4, -0.2) is 35.3 Å². The highest BCUT2D eigenvalue weighted by molar-refractivity contribution is 6.02. The summed E-state index contributed by atoms with van der Waals surface area (Å²) < 4.78 is 5.41. The maximum Gasteiger partial charge on any atom is 0.307 e. The fourth-order valence-electron chi connectivity index (χ4n) is 2.68. The van der Waals surface area contributed by atoms with E-state index >= 15 is 0 Å². The molecule has 2 fully saturated rings. The lowest BCUT2D eigenvalue weighted by Gasteiger charge is -2.17. The molecule has 1 aliphatic heterocycles. The van der Waals surface area contributed by atoms with Crippen molar-refractivity contribution in [2.75, 3.05) is 6.54 Å². The van der Waals surface area contributed by atoms with Gasteiger partial charge in [-0.15, -0.1) is 0 Å². The summed E-state index contributed by atoms with van der Waals surface area (Å²) in [5.41, 5.74) is 0. The van der Waals surface area contributed by atoms with Gasteiger partial charge in [-0.05, 0) is 25.7 Å². The zero-order valence-electron chi connectivity index (χ0n) is 11.2. The number of likely N-dealkylation sites (tertiary alicyclic amines) is 1. The average molecular weight is 267 g/mol. The van der Waals surface area contributed by atoms with Gasteiger partial charge in [0.25, 0.3) is 0 Å². The predicted molar refractivity (Wildman–Crippen MR) is 68.2 cm³/mol. The third-order valence-electron chi connectivity index (χ3n) is 3.79. The van der Waals surface area contributed by atoms with E-state index in [9.17, 15) is 14.4 Å². The second-order valence-electron chi connectivity index (χ2n) is 5.29. The van der Waals surface area contributed by atoms with Crippen LogP contribution in [-0.2, 0) is 19.1 Å². The molecule has 0 aromatic heterocycles. The Hall–Kier alpha value is -1.39. The summed E-state index contributed by atoms with van der Waals surface area (Å²) in [6.07, 6.45) is 7.22. The van der Waals surface area contributed by atoms with E-state index in [-0.39, 0.29) is 49.7 Å². The molecule has 1 saturated heterocycles. The van der Waals surface area contributed by atoms with Crippen LogP contribution in [0.25, 0.3) is 0 Å². The Morgan fingerprint density at radius 3 is 2.21 bits per heavy atom. The standard InChI is InChI=1S/C14H21NO4/c16-12-7-8-13(17)15(12)10-9-14(18)19-11-5-3-1-2-4-6-11/h11H,1-10H2. The Morgan fingerprint density at radius 1 is 1.05 bits per heavy atom. The third-order valence-corrected chi connectivity index (χ3v) is 3.79. The molecule has 0 aromatic rings. The van der Waals surface area contributed by atoms with Crippen molar-refractivity contribution in [1.29, 1.82) is 0 Å². The number of carbonyl (C=O) groups excluding carboxylic acids is 3. The van der Waals surface area contributed by atoms with Gasteiger partial charge in [0, 0.05) is 19.4 Å². The molecule has 0 bridgehead atoms. The van der Waals surface area contributed by atoms with Crippen LogP contribution in [0.4, 0.5) is 0 Å². The lowest BCUT2D eigenvalue weighted by Crippen LogP contribution is -2.32. The molecule has 0 radical (unpaired) electrons. The number of ether oxygens (including phenoxy) is 1. The minimum Gasteiger partial charge on any atom is -0.462 e. The van der Waals surface area contributed by atoms with Crippen molar-refractivity contribution in [1.82, 2.24) is 4.90 Å². The molecule has 0 N–H and O–H groups in total. The largest absolute Gasteiger partial charge is 0.462 e. The highest BCUT2D eigenvalue weighted by Crippen LogP contribution is 2.20. The van der Waals surface area contributed by atoms with Gasteiger partial charge >= 0.3 is 5.97 Å². The molecule has 2 rings (SSSR count). The molecule has 0 atom stereocenters. The number of nitrogens with zero attached hydrogens (tertiary/aromatic N) is 1. The molecule has 5 nitrogen and oxygen atoms in total. The minimum absolute atomic E-state index is 0.0278. The SMILES string of the molecule is O=C(CCN1C(=O)CCC1=O)OC1CCCCCC1. The van der Waals surface area contributed by atoms with Crippen molar-refractivity contribution in [3.05, 3.63) is 0 Å². The lowest BCUT2D eigenvalue weighted by atomic mass is 10.1. The van der Waals surface area contributed by atoms with Crippen molar-refractivity contribution < 1.29 is 19.1 Å². The Balaban J connectivity index is 1.72. The summed E-state index contributed by atoms with van der Waals surface area (Å²) in [5.74, 6) is -0.640. The van der Waals surface area contributed by atoms with Gasteiger partial charge in [0.05, 0.1) is 6.42 Å². The van der Waals surface area contributed by atoms with Crippen LogP contribution < -0.4 is 0 Å². The second-order valence-corrected chi connectivity index (χ2v) is 5.29. The molecule has 5 heteroatoms. The van der Waals surface area contributed by atoms with Gasteiger partial charge < -0.3 is 4.74 Å². The first kappa shape index (κ1) is 14.0. The van der Waals surface area contributed by atoms with E-state index < -0.39 is 0 Å². The molecular weight excluding hydrogens is 246 g/mol. The fourth-order valence-corrected chi connectivity index (χ4v) is 2.68. The van der Waals surface area contributed by atoms with E-state index in [1.165, 1.54) is 17.7 Å². The fraction of sp³-hybridized carbons (Fsp3) is 0.786. The molecular formula is C14H21NO4. The molecule has 19 heavy (non-hydrogen) atoms. The number of hydrogen-bond acceptors (Lipinski definition) is 4. The van der Waals surface area contributed by atoms with Gasteiger partial charge in [-0.1, -0.05) is 12.8 Å². The van der Waals surface area contributed by atoms with Gasteiger partial charge in [-0.3, -0.25) is 19.3 Å². The first-order valence-corrected chi connectivity index (χ1v) is 7.19. The zero-order chi connectivity index (χ0) is 13.7. The smallest absolute Gasteiger partial charge is 0.307 e. The molecule has 1 saturated carbocycles. The number of esters is 1. The molecule has 106 valence electrons. The first-order chi connectivity index (χ1) is 9.16. The van der Waals surface area contributed by atoms with Gasteiger partial charge in [0.15, 0.2) is 0 Å². The highest BCUT2D eigenvalue weighted by atomic mass is 16.5. The van der Waals surface area contributed by atoms with Crippen molar-refractivity contribution in [2.24, 2.45) is 0 Å². The van der Waals surface area contributed by atoms with Crippen LogP contribution in [0.3, 0.4) is 0 Å². The van der Waals surface area contributed by atoms with Crippen molar-refractivity contribution in [3.63, 3.8) is 0 Å². The van der Waals surface area contributed by atoms with Gasteiger partial charge in [0.1, 0.15) is 6.10 Å². The Bertz CT molecular complexity index is 342. The summed E-state index contributed by atoms with van der Waals surface area (Å²) in [5, 5.41) is 0. The van der Waals surface area contributed by atoms with E-state index in [2.05, 4.69) is 0 Å². The number of imide groups is 1. The van der Waals surface area contributed by atoms with Gasteiger partial charge in [-0.25, -0.2) is 0 Å². The van der Waals surface area contributed by atoms with Crippen LogP contribution in [0, 0.1) is 0 Å². The quantitative estimate of drug-likeness (QED) is 0.442. The molecule has 2 aliphatic rings. The van der Waals surface area contributed by atoms with Gasteiger partial charge in [-0.2, -0.15) is 0 Å². The number of carbonyl (C=O) groups is 3. The van der Waals surface area contributed by atoms with Crippen LogP contribution in [0.1, 0.15) is 57.8 Å². The number of rotatable bonds is 4. The minimum atomic E-state index is -0.292. The summed E-state index contributed by atoms with van der Waals surface area (Å²) in [4.78, 5) is 35.7. The maximum absolute atomic E-state index is 11.7. The molecule has 1 heterocycles. The number of amides is 2. The maximum atomic E-state index is 11.7. The monoisotopic (exact) mass is 267 g/mol. The van der Waals surface area contributed by atoms with Crippen LogP contribution in [0.2, 0.25) is 0 Å². The summed E-state index contributed by atoms with van der Waals surface area (Å²) in [7, 11) is 0. The van der Waals surface area contributed by atoms with Crippen LogP contribution in [0.15, 0.2) is 0 Å². The summed E-state index contributed by atoms with van der Waals surface area (Å²) in [6.45, 7) is 0.170. The van der Waals surface area contributed by atoms with E-state index in [0.717, 1.165) is 25.7 Å². The van der Waals surface area contributed by atoms with Crippen LogP contribution >= 0.6 is 0 Å². The molecule has 0 spiro atoms. The van der Waals surface area contributed by atoms with Gasteiger partial charge in [0.2, 0.25) is 11.8 Å². The predicted octanol–water partition coefficient (Wildman–Crippen LogP) is 1.79. The Labute approximate surface area is 113 Å². The van der Waals surface area contributed by atoms with E-state index in [4.69, 9.17) is 4.74 Å². The van der Waals surface area contributed by atoms with Crippen LogP contribution in [0.5, 0.6) is 0 Å². The van der Waals surface area contributed by atoms with E-state index in [1.54, 1.807) is 0 Å². The topological polar surface area (TPSA) is 63.7 Å². The van der Waals surface area contributed by atoms with Crippen molar-refractivity contribution in [2.45, 2.75) is 63.9 Å². The van der Waals surface area contributed by atoms with Crippen molar-refractivity contribution in [3.8, 4) is 0 Å². The third kappa shape index (κ3) is 4.04. The normalized spacial score (nSPS) is 21.6. The Morgan fingerprint density at radius 2 is 1.63 bits per heavy atom. The first-order valence-electron chi connectivity index (χ1n) is 7.19. The molecule has 2 amide bonds. The van der Waals surface area contributed by atoms with Crippen molar-refractivity contribution >= 4 is 17.8 Å². The molecule has 0 aromatic carbocycles. The second kappa shape index (κ2) is 6.68. The highest BCUT2D eigenvalue weighted by Gasteiger charge is 2.29. The summed E-state index contributed by atoms with van der Waals surface area (Å²) in [6, 6.07) is 0. The zero-order valence-corrected chi connectivity index (χ0v) is 11.2. The Kier molecular flexibility index (Phi) is 4.93. The van der Waals surface area contributed by atoms with E-state index in [0.29, 0.717) is 0 Å². The number of hydrogen-bond donors (Lipinski definition) is 0. The van der Waals surface area contributed by atoms with E-state index in [1.807, 2.05) is 0 Å².